The predicted octanol–water partition coefficient (Wildman–Crippen LogP) is 2.64. The van der Waals surface area contributed by atoms with E-state index in [1.807, 2.05) is 6.92 Å². The maximum atomic E-state index is 3.61. The van der Waals surface area contributed by atoms with Crippen molar-refractivity contribution < 1.29 is 0 Å². The Morgan fingerprint density at radius 2 is 1.88 bits per heavy atom. The highest BCUT2D eigenvalue weighted by Gasteiger charge is 1.40. The Balaban J connectivity index is 0. The maximum absolute atomic E-state index is 3.61. The maximum Gasteiger partial charge on any atom is 0.0191 e. The molecule has 0 saturated heterocycles. The SMILES string of the molecule is C=CN=CC.CCC. The third-order valence-electron chi connectivity index (χ3n) is 0.254. The van der Waals surface area contributed by atoms with E-state index in [-0.39, 0.29) is 0 Å². The molecule has 0 rings (SSSR count). The summed E-state index contributed by atoms with van der Waals surface area (Å²) < 4.78 is 0. The molecule has 0 aliphatic heterocycles. The molecule has 0 unspecified atom stereocenters. The largest absolute Gasteiger partial charge is 0.270 e. The van der Waals surface area contributed by atoms with E-state index in [0.29, 0.717) is 0 Å². The molecule has 0 aliphatic rings. The first-order chi connectivity index (χ1) is 3.83. The van der Waals surface area contributed by atoms with Gasteiger partial charge in [-0.1, -0.05) is 26.8 Å². The molecule has 0 heterocycles. The molecule has 0 amide bonds. The molecule has 0 aromatic heterocycles. The van der Waals surface area contributed by atoms with E-state index in [0.717, 1.165) is 0 Å². The Labute approximate surface area is 52.1 Å². The van der Waals surface area contributed by atoms with Crippen molar-refractivity contribution in [2.24, 2.45) is 4.99 Å². The quantitative estimate of drug-likeness (QED) is 0.463. The summed E-state index contributed by atoms with van der Waals surface area (Å²) in [5.41, 5.74) is 0. The first kappa shape index (κ1) is 10.4. The van der Waals surface area contributed by atoms with Gasteiger partial charge in [-0.15, -0.1) is 0 Å². The average Bonchev–Trinajstić information content (AvgIpc) is 1.71. The zero-order valence-corrected chi connectivity index (χ0v) is 6.02. The van der Waals surface area contributed by atoms with Crippen LogP contribution in [-0.2, 0) is 0 Å². The Hall–Kier alpha value is -0.590. The van der Waals surface area contributed by atoms with E-state index in [4.69, 9.17) is 0 Å². The Kier molecular flexibility index (Phi) is 21.0. The van der Waals surface area contributed by atoms with Gasteiger partial charge in [0.25, 0.3) is 0 Å². The summed E-state index contributed by atoms with van der Waals surface area (Å²) in [5.74, 6) is 0. The van der Waals surface area contributed by atoms with Crippen LogP contribution >= 0.6 is 0 Å². The average molecular weight is 113 g/mol. The van der Waals surface area contributed by atoms with Crippen molar-refractivity contribution in [3.63, 3.8) is 0 Å². The lowest BCUT2D eigenvalue weighted by molar-refractivity contribution is 1.09. The number of rotatable bonds is 1. The van der Waals surface area contributed by atoms with E-state index in [1.54, 1.807) is 6.21 Å². The van der Waals surface area contributed by atoms with Gasteiger partial charge in [-0.25, -0.2) is 0 Å². The molecule has 0 aromatic carbocycles. The van der Waals surface area contributed by atoms with E-state index < -0.39 is 0 Å². The zero-order chi connectivity index (χ0) is 6.83. The van der Waals surface area contributed by atoms with Crippen LogP contribution in [0.15, 0.2) is 17.8 Å². The van der Waals surface area contributed by atoms with Crippen LogP contribution < -0.4 is 0 Å². The standard InChI is InChI=1S/C4H7N.C3H8/c1-3-5-4-2;1-3-2/h3-4H,1H2,2H3;3H2,1-2H3. The molecule has 0 radical (unpaired) electrons. The van der Waals surface area contributed by atoms with E-state index in [2.05, 4.69) is 25.4 Å². The molecular weight excluding hydrogens is 98.1 g/mol. The molecule has 0 spiro atoms. The number of nitrogens with zero attached hydrogens (tertiary/aromatic N) is 1. The predicted molar refractivity (Wildman–Crippen MR) is 40.3 cm³/mol. The van der Waals surface area contributed by atoms with Crippen LogP contribution in [0.4, 0.5) is 0 Å². The molecule has 48 valence electrons. The highest BCUT2D eigenvalue weighted by atomic mass is 14.6. The molecule has 0 atom stereocenters. The van der Waals surface area contributed by atoms with Gasteiger partial charge >= 0.3 is 0 Å². The summed E-state index contributed by atoms with van der Waals surface area (Å²) in [6, 6.07) is 0. The fourth-order valence-electron chi connectivity index (χ4n) is 0.105. The van der Waals surface area contributed by atoms with Crippen molar-refractivity contribution in [3.8, 4) is 0 Å². The number of hydrogen-bond acceptors (Lipinski definition) is 1. The Morgan fingerprint density at radius 1 is 1.50 bits per heavy atom. The van der Waals surface area contributed by atoms with Gasteiger partial charge in [-0.05, 0) is 6.92 Å². The summed E-state index contributed by atoms with van der Waals surface area (Å²) in [5, 5.41) is 0. The Bertz CT molecular complexity index is 55.4. The highest BCUT2D eigenvalue weighted by Crippen LogP contribution is 1.57. The molecule has 0 N–H and O–H groups in total. The molecule has 1 heteroatoms. The van der Waals surface area contributed by atoms with Gasteiger partial charge in [0.15, 0.2) is 0 Å². The monoisotopic (exact) mass is 113 g/mol. The summed E-state index contributed by atoms with van der Waals surface area (Å²) in [4.78, 5) is 3.61. The third-order valence-corrected chi connectivity index (χ3v) is 0.254. The molecule has 0 bridgehead atoms. The van der Waals surface area contributed by atoms with Gasteiger partial charge in [0.1, 0.15) is 0 Å². The van der Waals surface area contributed by atoms with Crippen LogP contribution in [0.3, 0.4) is 0 Å². The second kappa shape index (κ2) is 16.1. The van der Waals surface area contributed by atoms with Crippen LogP contribution in [0.5, 0.6) is 0 Å². The second-order valence-corrected chi connectivity index (χ2v) is 1.30. The lowest BCUT2D eigenvalue weighted by atomic mass is 10.6. The molecule has 8 heavy (non-hydrogen) atoms. The van der Waals surface area contributed by atoms with Crippen LogP contribution in [0.2, 0.25) is 0 Å². The van der Waals surface area contributed by atoms with Crippen molar-refractivity contribution >= 4 is 6.21 Å². The van der Waals surface area contributed by atoms with Gasteiger partial charge in [-0.2, -0.15) is 0 Å². The minimum absolute atomic E-state index is 1.25. The topological polar surface area (TPSA) is 12.4 Å². The smallest absolute Gasteiger partial charge is 0.0191 e. The van der Waals surface area contributed by atoms with Crippen molar-refractivity contribution in [1.29, 1.82) is 0 Å². The second-order valence-electron chi connectivity index (χ2n) is 1.30. The summed E-state index contributed by atoms with van der Waals surface area (Å²) in [6.07, 6.45) is 4.44. The van der Waals surface area contributed by atoms with Gasteiger partial charge in [0.05, 0.1) is 0 Å². The van der Waals surface area contributed by atoms with E-state index in [1.165, 1.54) is 12.6 Å². The van der Waals surface area contributed by atoms with E-state index >= 15 is 0 Å². The molecule has 0 fully saturated rings. The van der Waals surface area contributed by atoms with E-state index in [9.17, 15) is 0 Å². The summed E-state index contributed by atoms with van der Waals surface area (Å²) in [6.45, 7) is 9.45. The molecule has 0 aliphatic carbocycles. The normalized spacial score (nSPS) is 7.88. The Morgan fingerprint density at radius 3 is 1.88 bits per heavy atom. The fourth-order valence-corrected chi connectivity index (χ4v) is 0.105. The summed E-state index contributed by atoms with van der Waals surface area (Å²) in [7, 11) is 0. The van der Waals surface area contributed by atoms with Gasteiger partial charge in [0, 0.05) is 12.4 Å². The van der Waals surface area contributed by atoms with Crippen molar-refractivity contribution in [1.82, 2.24) is 0 Å². The van der Waals surface area contributed by atoms with Gasteiger partial charge in [-0.3, -0.25) is 4.99 Å². The highest BCUT2D eigenvalue weighted by molar-refractivity contribution is 5.53. The van der Waals surface area contributed by atoms with Gasteiger partial charge in [0.2, 0.25) is 0 Å². The zero-order valence-electron chi connectivity index (χ0n) is 6.02. The number of aliphatic imine (C=N–C) groups is 1. The molecular formula is C7H15N. The van der Waals surface area contributed by atoms with Crippen molar-refractivity contribution in [3.05, 3.63) is 12.8 Å². The van der Waals surface area contributed by atoms with Crippen LogP contribution in [0.1, 0.15) is 27.2 Å². The van der Waals surface area contributed by atoms with Crippen LogP contribution in [-0.4, -0.2) is 6.21 Å². The molecule has 0 saturated carbocycles. The molecule has 1 nitrogen and oxygen atoms in total. The third kappa shape index (κ3) is 52.9. The van der Waals surface area contributed by atoms with Gasteiger partial charge < -0.3 is 0 Å². The fraction of sp³-hybridized carbons (Fsp3) is 0.571. The van der Waals surface area contributed by atoms with Crippen LogP contribution in [0, 0.1) is 0 Å². The first-order valence-electron chi connectivity index (χ1n) is 2.92. The van der Waals surface area contributed by atoms with Crippen LogP contribution in [0.25, 0.3) is 0 Å². The molecule has 0 aromatic rings. The van der Waals surface area contributed by atoms with Crippen molar-refractivity contribution in [2.45, 2.75) is 27.2 Å². The lowest BCUT2D eigenvalue weighted by Gasteiger charge is -1.58. The lowest BCUT2D eigenvalue weighted by Crippen LogP contribution is -1.46. The number of hydrogen-bond donors (Lipinski definition) is 0. The summed E-state index contributed by atoms with van der Waals surface area (Å²) >= 11 is 0. The van der Waals surface area contributed by atoms with Crippen molar-refractivity contribution in [2.75, 3.05) is 0 Å². The minimum Gasteiger partial charge on any atom is -0.270 e. The first-order valence-corrected chi connectivity index (χ1v) is 2.92. The minimum atomic E-state index is 1.25.